The van der Waals surface area contributed by atoms with E-state index >= 15 is 0 Å². The molecule has 0 spiro atoms. The van der Waals surface area contributed by atoms with Crippen LogP contribution in [0.5, 0.6) is 0 Å². The first-order valence-electron chi connectivity index (χ1n) is 4.43. The van der Waals surface area contributed by atoms with Gasteiger partial charge in [0.2, 0.25) is 0 Å². The molecule has 1 aromatic heterocycles. The van der Waals surface area contributed by atoms with Crippen molar-refractivity contribution >= 4 is 23.1 Å². The number of nitrogen functional groups attached to an aromatic ring is 1. The lowest BCUT2D eigenvalue weighted by molar-refractivity contribution is 0.938. The van der Waals surface area contributed by atoms with Gasteiger partial charge in [0.15, 0.2) is 0 Å². The molecule has 4 heteroatoms. The third-order valence-electron chi connectivity index (χ3n) is 2.30. The van der Waals surface area contributed by atoms with E-state index in [0.29, 0.717) is 10.7 Å². The van der Waals surface area contributed by atoms with Crippen LogP contribution in [0.3, 0.4) is 0 Å². The van der Waals surface area contributed by atoms with Crippen LogP contribution in [-0.4, -0.2) is 18.1 Å². The zero-order valence-corrected chi connectivity index (χ0v) is 8.09. The van der Waals surface area contributed by atoms with Crippen molar-refractivity contribution in [3.05, 3.63) is 17.3 Å². The second-order valence-electron chi connectivity index (χ2n) is 3.26. The summed E-state index contributed by atoms with van der Waals surface area (Å²) < 4.78 is 0. The van der Waals surface area contributed by atoms with E-state index in [2.05, 4.69) is 9.88 Å². The van der Waals surface area contributed by atoms with Crippen molar-refractivity contribution in [2.24, 2.45) is 0 Å². The Morgan fingerprint density at radius 3 is 2.69 bits per heavy atom. The smallest absolute Gasteiger partial charge is 0.130 e. The topological polar surface area (TPSA) is 42.1 Å². The van der Waals surface area contributed by atoms with Gasteiger partial charge in [0.1, 0.15) is 5.82 Å². The molecule has 1 saturated heterocycles. The van der Waals surface area contributed by atoms with E-state index < -0.39 is 0 Å². The van der Waals surface area contributed by atoms with Gasteiger partial charge >= 0.3 is 0 Å². The summed E-state index contributed by atoms with van der Waals surface area (Å²) in [4.78, 5) is 6.47. The number of rotatable bonds is 1. The van der Waals surface area contributed by atoms with Gasteiger partial charge in [0.25, 0.3) is 0 Å². The van der Waals surface area contributed by atoms with Gasteiger partial charge in [0.05, 0.1) is 16.9 Å². The van der Waals surface area contributed by atoms with Crippen molar-refractivity contribution in [3.63, 3.8) is 0 Å². The van der Waals surface area contributed by atoms with Gasteiger partial charge in [-0.1, -0.05) is 11.6 Å². The molecule has 0 bridgehead atoms. The lowest BCUT2D eigenvalue weighted by Crippen LogP contribution is -2.18. The largest absolute Gasteiger partial charge is 0.396 e. The Labute approximate surface area is 82.5 Å². The van der Waals surface area contributed by atoms with Crippen molar-refractivity contribution in [1.29, 1.82) is 0 Å². The molecule has 0 aliphatic carbocycles. The molecular formula is C9H12ClN3. The molecule has 1 aromatic rings. The van der Waals surface area contributed by atoms with Crippen LogP contribution < -0.4 is 10.6 Å². The Hall–Kier alpha value is -0.960. The summed E-state index contributed by atoms with van der Waals surface area (Å²) in [5.41, 5.74) is 6.12. The summed E-state index contributed by atoms with van der Waals surface area (Å²) in [6.45, 7) is 2.15. The lowest BCUT2D eigenvalue weighted by Gasteiger charge is -2.16. The Morgan fingerprint density at radius 1 is 1.38 bits per heavy atom. The van der Waals surface area contributed by atoms with Gasteiger partial charge < -0.3 is 10.6 Å². The minimum Gasteiger partial charge on any atom is -0.396 e. The van der Waals surface area contributed by atoms with E-state index in [9.17, 15) is 0 Å². The molecular weight excluding hydrogens is 186 g/mol. The molecule has 0 radical (unpaired) electrons. The predicted molar refractivity (Wildman–Crippen MR) is 55.1 cm³/mol. The Bertz CT molecular complexity index is 308. The molecule has 0 atom stereocenters. The summed E-state index contributed by atoms with van der Waals surface area (Å²) in [6.07, 6.45) is 4.10. The number of nitrogens with zero attached hydrogens (tertiary/aromatic N) is 2. The highest BCUT2D eigenvalue weighted by Crippen LogP contribution is 2.24. The zero-order chi connectivity index (χ0) is 9.26. The number of nitrogens with two attached hydrogens (primary N) is 1. The lowest BCUT2D eigenvalue weighted by atomic mass is 10.4. The van der Waals surface area contributed by atoms with Crippen molar-refractivity contribution in [1.82, 2.24) is 4.98 Å². The molecule has 2 N–H and O–H groups in total. The SMILES string of the molecule is Nc1cnc(N2CCCC2)cc1Cl. The number of anilines is 2. The number of aromatic nitrogens is 1. The minimum absolute atomic E-state index is 0.546. The Balaban J connectivity index is 2.25. The van der Waals surface area contributed by atoms with E-state index in [4.69, 9.17) is 17.3 Å². The van der Waals surface area contributed by atoms with E-state index in [0.717, 1.165) is 18.9 Å². The monoisotopic (exact) mass is 197 g/mol. The van der Waals surface area contributed by atoms with Crippen LogP contribution >= 0.6 is 11.6 Å². The number of halogens is 1. The summed E-state index contributed by atoms with van der Waals surface area (Å²) in [7, 11) is 0. The van der Waals surface area contributed by atoms with Crippen LogP contribution in [0.15, 0.2) is 12.3 Å². The van der Waals surface area contributed by atoms with Gasteiger partial charge in [-0.05, 0) is 12.8 Å². The molecule has 3 nitrogen and oxygen atoms in total. The second-order valence-corrected chi connectivity index (χ2v) is 3.67. The van der Waals surface area contributed by atoms with Crippen LogP contribution in [0, 0.1) is 0 Å². The minimum atomic E-state index is 0.546. The van der Waals surface area contributed by atoms with Gasteiger partial charge in [0, 0.05) is 19.2 Å². The van der Waals surface area contributed by atoms with E-state index in [1.807, 2.05) is 6.07 Å². The van der Waals surface area contributed by atoms with Crippen LogP contribution in [0.2, 0.25) is 5.02 Å². The van der Waals surface area contributed by atoms with Crippen LogP contribution in [0.25, 0.3) is 0 Å². The Morgan fingerprint density at radius 2 is 2.08 bits per heavy atom. The molecule has 1 aliphatic rings. The summed E-state index contributed by atoms with van der Waals surface area (Å²) in [5, 5.41) is 0.594. The molecule has 13 heavy (non-hydrogen) atoms. The first-order chi connectivity index (χ1) is 6.27. The predicted octanol–water partition coefficient (Wildman–Crippen LogP) is 1.92. The highest BCUT2D eigenvalue weighted by Gasteiger charge is 2.13. The first kappa shape index (κ1) is 8.63. The quantitative estimate of drug-likeness (QED) is 0.748. The maximum Gasteiger partial charge on any atom is 0.130 e. The average Bonchev–Trinajstić information content (AvgIpc) is 2.62. The van der Waals surface area contributed by atoms with Crippen LogP contribution in [0.4, 0.5) is 11.5 Å². The molecule has 0 saturated carbocycles. The maximum absolute atomic E-state index is 5.90. The van der Waals surface area contributed by atoms with E-state index in [1.54, 1.807) is 6.20 Å². The van der Waals surface area contributed by atoms with Crippen molar-refractivity contribution in [3.8, 4) is 0 Å². The molecule has 70 valence electrons. The fraction of sp³-hybridized carbons (Fsp3) is 0.444. The summed E-state index contributed by atoms with van der Waals surface area (Å²) in [5.74, 6) is 0.941. The molecule has 2 heterocycles. The van der Waals surface area contributed by atoms with E-state index in [-0.39, 0.29) is 0 Å². The van der Waals surface area contributed by atoms with Gasteiger partial charge in [-0.2, -0.15) is 0 Å². The number of pyridine rings is 1. The van der Waals surface area contributed by atoms with E-state index in [1.165, 1.54) is 12.8 Å². The molecule has 2 rings (SSSR count). The van der Waals surface area contributed by atoms with Crippen molar-refractivity contribution in [2.75, 3.05) is 23.7 Å². The van der Waals surface area contributed by atoms with Gasteiger partial charge in [-0.25, -0.2) is 4.98 Å². The first-order valence-corrected chi connectivity index (χ1v) is 4.81. The molecule has 1 aliphatic heterocycles. The number of hydrogen-bond acceptors (Lipinski definition) is 3. The Kier molecular flexibility index (Phi) is 2.27. The average molecular weight is 198 g/mol. The van der Waals surface area contributed by atoms with Gasteiger partial charge in [-0.15, -0.1) is 0 Å². The third kappa shape index (κ3) is 1.70. The zero-order valence-electron chi connectivity index (χ0n) is 7.33. The highest BCUT2D eigenvalue weighted by atomic mass is 35.5. The standard InChI is InChI=1S/C9H12ClN3/c10-7-5-9(12-6-8(7)11)13-3-1-2-4-13/h5-6H,1-4,11H2. The highest BCUT2D eigenvalue weighted by molar-refractivity contribution is 6.33. The molecule has 0 unspecified atom stereocenters. The van der Waals surface area contributed by atoms with Crippen molar-refractivity contribution in [2.45, 2.75) is 12.8 Å². The fourth-order valence-electron chi connectivity index (χ4n) is 1.55. The molecule has 1 fully saturated rings. The van der Waals surface area contributed by atoms with Crippen molar-refractivity contribution < 1.29 is 0 Å². The van der Waals surface area contributed by atoms with Crippen LogP contribution in [-0.2, 0) is 0 Å². The number of hydrogen-bond donors (Lipinski definition) is 1. The molecule has 0 aromatic carbocycles. The maximum atomic E-state index is 5.90. The van der Waals surface area contributed by atoms with Crippen LogP contribution in [0.1, 0.15) is 12.8 Å². The fourth-order valence-corrected chi connectivity index (χ4v) is 1.70. The summed E-state index contributed by atoms with van der Waals surface area (Å²) in [6, 6.07) is 1.84. The van der Waals surface area contributed by atoms with Gasteiger partial charge in [-0.3, -0.25) is 0 Å². The third-order valence-corrected chi connectivity index (χ3v) is 2.62. The second kappa shape index (κ2) is 3.42. The summed E-state index contributed by atoms with van der Waals surface area (Å²) >= 11 is 5.90. The normalized spacial score (nSPS) is 16.5. The molecule has 0 amide bonds.